The highest BCUT2D eigenvalue weighted by Crippen LogP contribution is 2.37. The first-order valence-electron chi connectivity index (χ1n) is 7.83. The zero-order chi connectivity index (χ0) is 14.9. The molecule has 2 heterocycles. The summed E-state index contributed by atoms with van der Waals surface area (Å²) in [6.45, 7) is 9.31. The van der Waals surface area contributed by atoms with Crippen LogP contribution in [0.3, 0.4) is 0 Å². The number of ether oxygens (including phenoxy) is 3. The normalized spacial score (nSPS) is 25.2. The molecule has 0 bridgehead atoms. The second kappa shape index (κ2) is 5.95. The Hall–Kier alpha value is -1.10. The average Bonchev–Trinajstić information content (AvgIpc) is 2.78. The summed E-state index contributed by atoms with van der Waals surface area (Å²) < 4.78 is 17.4. The molecule has 4 nitrogen and oxygen atoms in total. The van der Waals surface area contributed by atoms with Gasteiger partial charge in [0.05, 0.1) is 25.9 Å². The summed E-state index contributed by atoms with van der Waals surface area (Å²) in [6.07, 6.45) is 1.03. The zero-order valence-electron chi connectivity index (χ0n) is 13.1. The lowest BCUT2D eigenvalue weighted by Gasteiger charge is -2.31. The first-order valence-corrected chi connectivity index (χ1v) is 7.83. The number of hydrogen-bond acceptors (Lipinski definition) is 4. The van der Waals surface area contributed by atoms with E-state index in [0.717, 1.165) is 18.7 Å². The molecule has 116 valence electrons. The van der Waals surface area contributed by atoms with E-state index < -0.39 is 0 Å². The standard InChI is InChI=1S/C17H25NO3/c1-4-18-16(15-11-19-7-8-20-15)12-5-6-14-13(9-12)10-17(2,3)21-14/h5-6,9,15-16,18H,4,7-8,10-11H2,1-3H3. The Balaban J connectivity index is 1.83. The minimum atomic E-state index is -0.0981. The van der Waals surface area contributed by atoms with Crippen LogP contribution in [0.25, 0.3) is 0 Å². The van der Waals surface area contributed by atoms with Crippen molar-refractivity contribution < 1.29 is 14.2 Å². The minimum Gasteiger partial charge on any atom is -0.487 e. The maximum Gasteiger partial charge on any atom is 0.123 e. The molecule has 2 aliphatic rings. The molecule has 0 amide bonds. The Labute approximate surface area is 126 Å². The van der Waals surface area contributed by atoms with Crippen molar-refractivity contribution in [2.24, 2.45) is 0 Å². The molecule has 2 unspecified atom stereocenters. The van der Waals surface area contributed by atoms with Gasteiger partial charge in [-0.15, -0.1) is 0 Å². The van der Waals surface area contributed by atoms with Crippen LogP contribution in [0, 0.1) is 0 Å². The third-order valence-corrected chi connectivity index (χ3v) is 4.08. The van der Waals surface area contributed by atoms with Crippen LogP contribution in [0.4, 0.5) is 0 Å². The van der Waals surface area contributed by atoms with Crippen molar-refractivity contribution in [1.82, 2.24) is 5.32 Å². The molecule has 1 aromatic carbocycles. The third-order valence-electron chi connectivity index (χ3n) is 4.08. The van der Waals surface area contributed by atoms with Gasteiger partial charge in [0.1, 0.15) is 17.5 Å². The van der Waals surface area contributed by atoms with Crippen molar-refractivity contribution in [1.29, 1.82) is 0 Å². The van der Waals surface area contributed by atoms with Crippen molar-refractivity contribution in [2.45, 2.75) is 44.9 Å². The lowest BCUT2D eigenvalue weighted by Crippen LogP contribution is -2.40. The minimum absolute atomic E-state index is 0.0760. The van der Waals surface area contributed by atoms with E-state index in [9.17, 15) is 0 Å². The number of benzene rings is 1. The van der Waals surface area contributed by atoms with Crippen LogP contribution in [0.2, 0.25) is 0 Å². The van der Waals surface area contributed by atoms with E-state index in [2.05, 4.69) is 44.3 Å². The summed E-state index contributed by atoms with van der Waals surface area (Å²) in [5, 5.41) is 3.53. The number of fused-ring (bicyclic) bond motifs is 1. The molecule has 0 saturated carbocycles. The summed E-state index contributed by atoms with van der Waals surface area (Å²) in [7, 11) is 0. The van der Waals surface area contributed by atoms with Crippen molar-refractivity contribution in [3.8, 4) is 5.75 Å². The number of rotatable bonds is 4. The van der Waals surface area contributed by atoms with Gasteiger partial charge in [-0.1, -0.05) is 19.1 Å². The third kappa shape index (κ3) is 3.23. The zero-order valence-corrected chi connectivity index (χ0v) is 13.1. The van der Waals surface area contributed by atoms with E-state index in [1.165, 1.54) is 11.1 Å². The fourth-order valence-corrected chi connectivity index (χ4v) is 3.21. The highest BCUT2D eigenvalue weighted by molar-refractivity contribution is 5.43. The number of hydrogen-bond donors (Lipinski definition) is 1. The second-order valence-corrected chi connectivity index (χ2v) is 6.43. The van der Waals surface area contributed by atoms with Gasteiger partial charge in [-0.2, -0.15) is 0 Å². The second-order valence-electron chi connectivity index (χ2n) is 6.43. The van der Waals surface area contributed by atoms with Crippen molar-refractivity contribution >= 4 is 0 Å². The maximum absolute atomic E-state index is 5.96. The van der Waals surface area contributed by atoms with Gasteiger partial charge in [0.15, 0.2) is 0 Å². The van der Waals surface area contributed by atoms with Crippen molar-refractivity contribution in [3.63, 3.8) is 0 Å². The molecule has 1 fully saturated rings. The molecule has 1 N–H and O–H groups in total. The first-order chi connectivity index (χ1) is 10.1. The molecule has 1 aromatic rings. The summed E-state index contributed by atoms with van der Waals surface area (Å²) >= 11 is 0. The van der Waals surface area contributed by atoms with Crippen LogP contribution in [0.1, 0.15) is 37.9 Å². The molecular formula is C17H25NO3. The smallest absolute Gasteiger partial charge is 0.123 e. The molecule has 2 aliphatic heterocycles. The number of likely N-dealkylation sites (N-methyl/N-ethyl adjacent to an activating group) is 1. The highest BCUT2D eigenvalue weighted by atomic mass is 16.6. The van der Waals surface area contributed by atoms with Crippen LogP contribution in [-0.2, 0) is 15.9 Å². The molecule has 21 heavy (non-hydrogen) atoms. The predicted octanol–water partition coefficient (Wildman–Crippen LogP) is 2.47. The van der Waals surface area contributed by atoms with Crippen LogP contribution in [0.5, 0.6) is 5.75 Å². The molecule has 0 aromatic heterocycles. The molecule has 0 spiro atoms. The van der Waals surface area contributed by atoms with Crippen LogP contribution in [0.15, 0.2) is 18.2 Å². The maximum atomic E-state index is 5.96. The fraction of sp³-hybridized carbons (Fsp3) is 0.647. The van der Waals surface area contributed by atoms with Crippen molar-refractivity contribution in [3.05, 3.63) is 29.3 Å². The van der Waals surface area contributed by atoms with Gasteiger partial charge in [0, 0.05) is 6.42 Å². The average molecular weight is 291 g/mol. The summed E-state index contributed by atoms with van der Waals surface area (Å²) in [5.74, 6) is 1.01. The fourth-order valence-electron chi connectivity index (χ4n) is 3.21. The SMILES string of the molecule is CCNC(c1ccc2c(c1)CC(C)(C)O2)C1COCCO1. The Morgan fingerprint density at radius 3 is 2.90 bits per heavy atom. The molecule has 4 heteroatoms. The molecular weight excluding hydrogens is 266 g/mol. The van der Waals surface area contributed by atoms with E-state index in [1.54, 1.807) is 0 Å². The Morgan fingerprint density at radius 2 is 2.19 bits per heavy atom. The topological polar surface area (TPSA) is 39.7 Å². The van der Waals surface area contributed by atoms with Gasteiger partial charge in [-0.3, -0.25) is 0 Å². The quantitative estimate of drug-likeness (QED) is 0.925. The number of nitrogens with one attached hydrogen (secondary N) is 1. The molecule has 2 atom stereocenters. The summed E-state index contributed by atoms with van der Waals surface area (Å²) in [4.78, 5) is 0. The summed E-state index contributed by atoms with van der Waals surface area (Å²) in [5.41, 5.74) is 2.45. The van der Waals surface area contributed by atoms with Gasteiger partial charge in [-0.05, 0) is 37.6 Å². The van der Waals surface area contributed by atoms with E-state index >= 15 is 0 Å². The van der Waals surface area contributed by atoms with Crippen LogP contribution in [-0.4, -0.2) is 38.1 Å². The van der Waals surface area contributed by atoms with E-state index in [4.69, 9.17) is 14.2 Å². The Kier molecular flexibility index (Phi) is 4.20. The van der Waals surface area contributed by atoms with Crippen molar-refractivity contribution in [2.75, 3.05) is 26.4 Å². The van der Waals surface area contributed by atoms with Gasteiger partial charge in [0.25, 0.3) is 0 Å². The van der Waals surface area contributed by atoms with Gasteiger partial charge >= 0.3 is 0 Å². The largest absolute Gasteiger partial charge is 0.487 e. The van der Waals surface area contributed by atoms with Crippen LogP contribution < -0.4 is 10.1 Å². The van der Waals surface area contributed by atoms with E-state index in [0.29, 0.717) is 19.8 Å². The monoisotopic (exact) mass is 291 g/mol. The highest BCUT2D eigenvalue weighted by Gasteiger charge is 2.32. The Morgan fingerprint density at radius 1 is 1.33 bits per heavy atom. The van der Waals surface area contributed by atoms with E-state index in [1.807, 2.05) is 0 Å². The van der Waals surface area contributed by atoms with Gasteiger partial charge in [0.2, 0.25) is 0 Å². The molecule has 0 aliphatic carbocycles. The molecule has 3 rings (SSSR count). The molecule has 1 saturated heterocycles. The first kappa shape index (κ1) is 14.8. The Bertz CT molecular complexity index is 495. The predicted molar refractivity (Wildman–Crippen MR) is 81.8 cm³/mol. The lowest BCUT2D eigenvalue weighted by atomic mass is 9.95. The summed E-state index contributed by atoms with van der Waals surface area (Å²) in [6, 6.07) is 6.67. The van der Waals surface area contributed by atoms with Crippen LogP contribution >= 0.6 is 0 Å². The molecule has 0 radical (unpaired) electrons. The van der Waals surface area contributed by atoms with E-state index in [-0.39, 0.29) is 17.7 Å². The van der Waals surface area contributed by atoms with Gasteiger partial charge in [-0.25, -0.2) is 0 Å². The lowest BCUT2D eigenvalue weighted by molar-refractivity contribution is -0.102. The van der Waals surface area contributed by atoms with Gasteiger partial charge < -0.3 is 19.5 Å².